The average Bonchev–Trinajstić information content (AvgIpc) is 2.39. The molecule has 0 heterocycles. The maximum atomic E-state index is 9.87. The van der Waals surface area contributed by atoms with Crippen LogP contribution in [-0.4, -0.2) is 29.5 Å². The van der Waals surface area contributed by atoms with E-state index >= 15 is 0 Å². The minimum atomic E-state index is 0.0698. The second-order valence-corrected chi connectivity index (χ2v) is 4.31. The smallest absolute Gasteiger partial charge is 0.123 e. The molecule has 0 saturated carbocycles. The molecule has 18 heavy (non-hydrogen) atoms. The highest BCUT2D eigenvalue weighted by molar-refractivity contribution is 5.39. The molecule has 102 valence electrons. The van der Waals surface area contributed by atoms with Crippen LogP contribution in [0.2, 0.25) is 0 Å². The van der Waals surface area contributed by atoms with Crippen LogP contribution in [-0.2, 0) is 6.54 Å². The molecule has 1 aromatic carbocycles. The summed E-state index contributed by atoms with van der Waals surface area (Å²) in [5.41, 5.74) is 0.811. The van der Waals surface area contributed by atoms with Crippen molar-refractivity contribution in [2.24, 2.45) is 0 Å². The molecule has 0 saturated heterocycles. The van der Waals surface area contributed by atoms with E-state index in [2.05, 4.69) is 5.32 Å². The Morgan fingerprint density at radius 3 is 2.67 bits per heavy atom. The monoisotopic (exact) mass is 253 g/mol. The number of ether oxygens (including phenoxy) is 1. The van der Waals surface area contributed by atoms with E-state index < -0.39 is 0 Å². The number of aliphatic hydroxyl groups is 1. The van der Waals surface area contributed by atoms with Crippen molar-refractivity contribution in [3.63, 3.8) is 0 Å². The van der Waals surface area contributed by atoms with Crippen LogP contribution in [0, 0.1) is 0 Å². The SMILES string of the molecule is CCCOc1ccc(CNC(CC)CO)c(O)c1. The van der Waals surface area contributed by atoms with Crippen LogP contribution < -0.4 is 10.1 Å². The first-order chi connectivity index (χ1) is 8.71. The lowest BCUT2D eigenvalue weighted by Crippen LogP contribution is -2.31. The van der Waals surface area contributed by atoms with E-state index in [0.29, 0.717) is 18.9 Å². The van der Waals surface area contributed by atoms with Crippen LogP contribution in [0.4, 0.5) is 0 Å². The Hall–Kier alpha value is -1.26. The second kappa shape index (κ2) is 7.95. The van der Waals surface area contributed by atoms with Gasteiger partial charge < -0.3 is 20.3 Å². The predicted octanol–water partition coefficient (Wildman–Crippen LogP) is 2.04. The molecule has 1 aromatic rings. The Labute approximate surface area is 109 Å². The van der Waals surface area contributed by atoms with Gasteiger partial charge in [0.2, 0.25) is 0 Å². The van der Waals surface area contributed by atoms with Gasteiger partial charge in [0.25, 0.3) is 0 Å². The first-order valence-electron chi connectivity index (χ1n) is 6.50. The van der Waals surface area contributed by atoms with Gasteiger partial charge in [-0.15, -0.1) is 0 Å². The Kier molecular flexibility index (Phi) is 6.54. The van der Waals surface area contributed by atoms with Crippen LogP contribution >= 0.6 is 0 Å². The lowest BCUT2D eigenvalue weighted by molar-refractivity contribution is 0.238. The van der Waals surface area contributed by atoms with E-state index in [1.54, 1.807) is 6.07 Å². The van der Waals surface area contributed by atoms with E-state index in [9.17, 15) is 5.11 Å². The number of phenols is 1. The Balaban J connectivity index is 2.56. The molecular weight excluding hydrogens is 230 g/mol. The maximum absolute atomic E-state index is 9.87. The van der Waals surface area contributed by atoms with Gasteiger partial charge in [-0.3, -0.25) is 0 Å². The largest absolute Gasteiger partial charge is 0.507 e. The third-order valence-electron chi connectivity index (χ3n) is 2.82. The van der Waals surface area contributed by atoms with Gasteiger partial charge in [-0.1, -0.05) is 19.9 Å². The first kappa shape index (κ1) is 14.8. The highest BCUT2D eigenvalue weighted by Gasteiger charge is 2.07. The first-order valence-corrected chi connectivity index (χ1v) is 6.50. The summed E-state index contributed by atoms with van der Waals surface area (Å²) < 4.78 is 5.44. The number of nitrogens with one attached hydrogen (secondary N) is 1. The zero-order valence-electron chi connectivity index (χ0n) is 11.1. The molecule has 0 bridgehead atoms. The van der Waals surface area contributed by atoms with E-state index in [0.717, 1.165) is 18.4 Å². The molecule has 1 atom stereocenters. The van der Waals surface area contributed by atoms with Crippen LogP contribution in [0.25, 0.3) is 0 Å². The molecule has 0 aliphatic heterocycles. The summed E-state index contributed by atoms with van der Waals surface area (Å²) in [6.45, 7) is 5.35. The van der Waals surface area contributed by atoms with Gasteiger partial charge in [0.1, 0.15) is 11.5 Å². The van der Waals surface area contributed by atoms with Crippen molar-refractivity contribution in [3.8, 4) is 11.5 Å². The fourth-order valence-corrected chi connectivity index (χ4v) is 1.60. The molecule has 1 unspecified atom stereocenters. The Morgan fingerprint density at radius 2 is 2.11 bits per heavy atom. The molecule has 0 spiro atoms. The van der Waals surface area contributed by atoms with Crippen molar-refractivity contribution in [1.82, 2.24) is 5.32 Å². The molecule has 4 heteroatoms. The van der Waals surface area contributed by atoms with E-state index in [1.165, 1.54) is 0 Å². The molecule has 3 N–H and O–H groups in total. The molecule has 0 radical (unpaired) electrons. The molecule has 4 nitrogen and oxygen atoms in total. The third-order valence-corrected chi connectivity index (χ3v) is 2.82. The summed E-state index contributed by atoms with van der Waals surface area (Å²) in [5.74, 6) is 0.913. The van der Waals surface area contributed by atoms with Crippen molar-refractivity contribution >= 4 is 0 Å². The van der Waals surface area contributed by atoms with Crippen molar-refractivity contribution in [2.75, 3.05) is 13.2 Å². The lowest BCUT2D eigenvalue weighted by Gasteiger charge is -2.15. The molecule has 0 aromatic heterocycles. The average molecular weight is 253 g/mol. The minimum Gasteiger partial charge on any atom is -0.507 e. The van der Waals surface area contributed by atoms with Gasteiger partial charge in [0, 0.05) is 24.2 Å². The van der Waals surface area contributed by atoms with Gasteiger partial charge in [-0.25, -0.2) is 0 Å². The summed E-state index contributed by atoms with van der Waals surface area (Å²) in [4.78, 5) is 0. The summed E-state index contributed by atoms with van der Waals surface area (Å²) in [6.07, 6.45) is 1.80. The van der Waals surface area contributed by atoms with Crippen LogP contribution in [0.1, 0.15) is 32.3 Å². The Bertz CT molecular complexity index is 351. The van der Waals surface area contributed by atoms with Crippen molar-refractivity contribution in [3.05, 3.63) is 23.8 Å². The minimum absolute atomic E-state index is 0.0698. The number of aromatic hydroxyl groups is 1. The van der Waals surface area contributed by atoms with E-state index in [1.807, 2.05) is 26.0 Å². The summed E-state index contributed by atoms with van der Waals surface area (Å²) >= 11 is 0. The fourth-order valence-electron chi connectivity index (χ4n) is 1.60. The number of rotatable bonds is 8. The molecule has 0 amide bonds. The fraction of sp³-hybridized carbons (Fsp3) is 0.571. The summed E-state index contributed by atoms with van der Waals surface area (Å²) in [7, 11) is 0. The zero-order valence-corrected chi connectivity index (χ0v) is 11.1. The van der Waals surface area contributed by atoms with E-state index in [4.69, 9.17) is 9.84 Å². The van der Waals surface area contributed by atoms with Gasteiger partial charge in [-0.2, -0.15) is 0 Å². The van der Waals surface area contributed by atoms with Gasteiger partial charge in [-0.05, 0) is 18.9 Å². The van der Waals surface area contributed by atoms with E-state index in [-0.39, 0.29) is 18.4 Å². The van der Waals surface area contributed by atoms with Crippen LogP contribution in [0.15, 0.2) is 18.2 Å². The zero-order chi connectivity index (χ0) is 13.4. The standard InChI is InChI=1S/C14H23NO3/c1-3-7-18-13-6-5-11(14(17)8-13)9-15-12(4-2)10-16/h5-6,8,12,15-17H,3-4,7,9-10H2,1-2H3. The lowest BCUT2D eigenvalue weighted by atomic mass is 10.1. The molecular formula is C14H23NO3. The van der Waals surface area contributed by atoms with Gasteiger partial charge in [0.05, 0.1) is 13.2 Å². The highest BCUT2D eigenvalue weighted by atomic mass is 16.5. The number of aliphatic hydroxyl groups excluding tert-OH is 1. The number of hydrogen-bond donors (Lipinski definition) is 3. The normalized spacial score (nSPS) is 12.4. The quantitative estimate of drug-likeness (QED) is 0.663. The predicted molar refractivity (Wildman–Crippen MR) is 71.9 cm³/mol. The molecule has 0 aliphatic rings. The molecule has 0 fully saturated rings. The summed E-state index contributed by atoms with van der Waals surface area (Å²) in [6, 6.07) is 5.40. The molecule has 0 aliphatic carbocycles. The number of hydrogen-bond acceptors (Lipinski definition) is 4. The van der Waals surface area contributed by atoms with Gasteiger partial charge >= 0.3 is 0 Å². The summed E-state index contributed by atoms with van der Waals surface area (Å²) in [5, 5.41) is 22.1. The highest BCUT2D eigenvalue weighted by Crippen LogP contribution is 2.23. The molecule has 1 rings (SSSR count). The Morgan fingerprint density at radius 1 is 1.33 bits per heavy atom. The number of phenolic OH excluding ortho intramolecular Hbond substituents is 1. The maximum Gasteiger partial charge on any atom is 0.123 e. The van der Waals surface area contributed by atoms with Crippen molar-refractivity contribution < 1.29 is 14.9 Å². The van der Waals surface area contributed by atoms with Crippen molar-refractivity contribution in [1.29, 1.82) is 0 Å². The topological polar surface area (TPSA) is 61.7 Å². The van der Waals surface area contributed by atoms with Crippen LogP contribution in [0.3, 0.4) is 0 Å². The van der Waals surface area contributed by atoms with Crippen LogP contribution in [0.5, 0.6) is 11.5 Å². The number of benzene rings is 1. The van der Waals surface area contributed by atoms with Crippen molar-refractivity contribution in [2.45, 2.75) is 39.3 Å². The third kappa shape index (κ3) is 4.55. The van der Waals surface area contributed by atoms with Gasteiger partial charge in [0.15, 0.2) is 0 Å². The second-order valence-electron chi connectivity index (χ2n) is 4.31.